The van der Waals surface area contributed by atoms with Crippen molar-refractivity contribution in [1.82, 2.24) is 5.32 Å². The van der Waals surface area contributed by atoms with Crippen LogP contribution in [0.5, 0.6) is 0 Å². The number of carbonyl (C=O) groups is 5. The summed E-state index contributed by atoms with van der Waals surface area (Å²) in [6.45, 7) is 7.15. The normalized spacial score (nSPS) is 11.3. The molecule has 1 aliphatic heterocycles. The number of primary amides is 2. The number of amides is 4. The maximum absolute atomic E-state index is 11.8. The Morgan fingerprint density at radius 3 is 1.69 bits per heavy atom. The van der Waals surface area contributed by atoms with Gasteiger partial charge in [0.1, 0.15) is 12.8 Å². The van der Waals surface area contributed by atoms with Gasteiger partial charge < -0.3 is 31.7 Å². The van der Waals surface area contributed by atoms with Crippen molar-refractivity contribution in [3.63, 3.8) is 0 Å². The maximum atomic E-state index is 11.8. The van der Waals surface area contributed by atoms with Crippen LogP contribution in [-0.4, -0.2) is 66.5 Å². The molecule has 12 nitrogen and oxygen atoms in total. The number of aliphatic imine (C=N–C) groups is 1. The van der Waals surface area contributed by atoms with Gasteiger partial charge in [-0.15, -0.1) is 6.61 Å². The van der Waals surface area contributed by atoms with Gasteiger partial charge in [-0.25, -0.2) is 0 Å². The van der Waals surface area contributed by atoms with Crippen molar-refractivity contribution < 1.29 is 81.7 Å². The van der Waals surface area contributed by atoms with E-state index in [2.05, 4.69) is 21.2 Å². The van der Waals surface area contributed by atoms with E-state index in [0.29, 0.717) is 6.61 Å². The number of halogens is 3. The van der Waals surface area contributed by atoms with E-state index in [1.165, 1.54) is 12.2 Å². The largest absolute Gasteiger partial charge is 1.00 e. The average molecular weight is 484 g/mol. The molecule has 0 aromatic heterocycles. The fourth-order valence-corrected chi connectivity index (χ4v) is 1.02. The number of ether oxygens (including phenoxy) is 1. The Bertz CT molecular complexity index is 588. The van der Waals surface area contributed by atoms with Crippen LogP contribution in [0.15, 0.2) is 4.99 Å². The number of hydrogen-bond acceptors (Lipinski definition) is 8. The number of nitrogens with zero attached hydrogens (tertiary/aromatic N) is 1. The molecule has 0 fully saturated rings. The van der Waals surface area contributed by atoms with E-state index < -0.39 is 42.1 Å². The third-order valence-electron chi connectivity index (χ3n) is 1.77. The van der Waals surface area contributed by atoms with Crippen LogP contribution in [-0.2, 0) is 28.7 Å². The summed E-state index contributed by atoms with van der Waals surface area (Å²) in [6.07, 6.45) is -5.76. The Hall–Kier alpha value is -2.07. The summed E-state index contributed by atoms with van der Waals surface area (Å²) in [6, 6.07) is 0. The van der Waals surface area contributed by atoms with Crippen LogP contribution < -0.4 is 51.4 Å². The Morgan fingerprint density at radius 2 is 1.53 bits per heavy atom. The number of alkyl halides is 3. The van der Waals surface area contributed by atoms with Crippen molar-refractivity contribution in [2.75, 3.05) is 19.8 Å². The standard InChI is InChI=1S/C5H3F3N2O2.C4H8O2.C3H6N2O2.C2H6O.C2H5O.Na/c6-5(7,8)4-9-2(11)1-3(12)10-4;1-3-6-4(2)5;4-2(6)1-3(5)7;2*1-2-3;/h1H2,(H,9,10,11,12);3H2,1-2H3;1H2,(H2,4,6)(H2,5,7);3H,2H2,1H3;2H2,1H3;/q;;;;-1;+1. The fourth-order valence-electron chi connectivity index (χ4n) is 1.02. The number of carbonyl (C=O) groups excluding carboxylic acids is 5. The molecule has 0 aromatic rings. The van der Waals surface area contributed by atoms with Crippen molar-refractivity contribution in [1.29, 1.82) is 0 Å². The molecule has 0 atom stereocenters. The third kappa shape index (κ3) is 38.5. The summed E-state index contributed by atoms with van der Waals surface area (Å²) in [5.41, 5.74) is 9.11. The third-order valence-corrected chi connectivity index (χ3v) is 1.77. The Balaban J connectivity index is -0.000000105. The maximum Gasteiger partial charge on any atom is 1.00 e. The van der Waals surface area contributed by atoms with Crippen molar-refractivity contribution in [3.05, 3.63) is 0 Å². The van der Waals surface area contributed by atoms with E-state index in [-0.39, 0.29) is 55.2 Å². The van der Waals surface area contributed by atoms with Gasteiger partial charge in [-0.1, -0.05) is 6.92 Å². The van der Waals surface area contributed by atoms with Crippen LogP contribution in [0, 0.1) is 0 Å². The molecule has 0 bridgehead atoms. The predicted octanol–water partition coefficient (Wildman–Crippen LogP) is -4.72. The zero-order chi connectivity index (χ0) is 25.6. The summed E-state index contributed by atoms with van der Waals surface area (Å²) in [5, 5.41) is 18.0. The molecule has 4 amide bonds. The molecule has 0 spiro atoms. The molecule has 0 radical (unpaired) electrons. The van der Waals surface area contributed by atoms with E-state index in [1.54, 1.807) is 20.8 Å². The summed E-state index contributed by atoms with van der Waals surface area (Å²) >= 11 is 0. The minimum Gasteiger partial charge on any atom is -0.855 e. The number of esters is 1. The van der Waals surface area contributed by atoms with E-state index in [1.807, 2.05) is 0 Å². The Morgan fingerprint density at radius 1 is 1.16 bits per heavy atom. The number of nitrogens with one attached hydrogen (secondary N) is 1. The summed E-state index contributed by atoms with van der Waals surface area (Å²) in [4.78, 5) is 52.7. The van der Waals surface area contributed by atoms with Gasteiger partial charge in [-0.3, -0.25) is 24.0 Å². The van der Waals surface area contributed by atoms with Crippen molar-refractivity contribution in [2.45, 2.75) is 46.7 Å². The molecule has 16 heteroatoms. The van der Waals surface area contributed by atoms with Gasteiger partial charge in [0, 0.05) is 13.5 Å². The van der Waals surface area contributed by atoms with E-state index in [0.717, 1.165) is 0 Å². The molecular weight excluding hydrogens is 456 g/mol. The first kappa shape index (κ1) is 40.3. The fraction of sp³-hybridized carbons (Fsp3) is 0.625. The zero-order valence-electron chi connectivity index (χ0n) is 18.6. The molecule has 1 heterocycles. The second-order valence-electron chi connectivity index (χ2n) is 4.72. The average Bonchev–Trinajstić information content (AvgIpc) is 2.54. The molecular formula is C16H28F3N4NaO8. The topological polar surface area (TPSA) is 214 Å². The smallest absolute Gasteiger partial charge is 0.855 e. The van der Waals surface area contributed by atoms with Gasteiger partial charge in [-0.2, -0.15) is 18.2 Å². The molecule has 1 rings (SSSR count). The minimum absolute atomic E-state index is 0. The molecule has 0 saturated heterocycles. The Labute approximate surface area is 205 Å². The molecule has 0 aromatic carbocycles. The molecule has 0 saturated carbocycles. The second-order valence-corrected chi connectivity index (χ2v) is 4.72. The van der Waals surface area contributed by atoms with Crippen molar-refractivity contribution in [2.24, 2.45) is 16.5 Å². The van der Waals surface area contributed by atoms with Gasteiger partial charge in [0.2, 0.25) is 23.6 Å². The van der Waals surface area contributed by atoms with Crippen molar-refractivity contribution in [3.8, 4) is 0 Å². The van der Waals surface area contributed by atoms with Gasteiger partial charge >= 0.3 is 41.7 Å². The summed E-state index contributed by atoms with van der Waals surface area (Å²) < 4.78 is 39.8. The second kappa shape index (κ2) is 25.2. The first-order chi connectivity index (χ1) is 14.1. The molecule has 32 heavy (non-hydrogen) atoms. The minimum atomic E-state index is -4.77. The number of aliphatic hydroxyl groups is 1. The van der Waals surface area contributed by atoms with Crippen LogP contribution in [0.2, 0.25) is 0 Å². The summed E-state index contributed by atoms with van der Waals surface area (Å²) in [7, 11) is 0. The Kier molecular flexibility index (Phi) is 31.7. The first-order valence-electron chi connectivity index (χ1n) is 8.50. The first-order valence-corrected chi connectivity index (χ1v) is 8.50. The SMILES string of the molecule is CCO.CCOC(C)=O.CC[O-].NC(=O)CC(N)=O.O=C1CC(=O)NC(C(F)(F)F)=N1.[Na+]. The molecule has 0 unspecified atom stereocenters. The van der Waals surface area contributed by atoms with Gasteiger partial charge in [-0.05, 0) is 13.8 Å². The molecule has 182 valence electrons. The quantitative estimate of drug-likeness (QED) is 0.173. The van der Waals surface area contributed by atoms with Crippen LogP contribution >= 0.6 is 0 Å². The van der Waals surface area contributed by atoms with Gasteiger partial charge in [0.25, 0.3) is 5.91 Å². The molecule has 1 aliphatic rings. The van der Waals surface area contributed by atoms with Gasteiger partial charge in [0.05, 0.1) is 6.61 Å². The molecule has 6 N–H and O–H groups in total. The number of aliphatic hydroxyl groups excluding tert-OH is 1. The van der Waals surface area contributed by atoms with E-state index in [9.17, 15) is 37.1 Å². The number of nitrogens with two attached hydrogens (primary N) is 2. The number of amidine groups is 1. The van der Waals surface area contributed by atoms with E-state index in [4.69, 9.17) is 10.2 Å². The van der Waals surface area contributed by atoms with Crippen LogP contribution in [0.1, 0.15) is 40.5 Å². The summed E-state index contributed by atoms with van der Waals surface area (Å²) in [5.74, 6) is -5.19. The number of hydrogen-bond donors (Lipinski definition) is 4. The molecule has 0 aliphatic carbocycles. The van der Waals surface area contributed by atoms with E-state index >= 15 is 0 Å². The van der Waals surface area contributed by atoms with Crippen LogP contribution in [0.4, 0.5) is 13.2 Å². The number of rotatable bonds is 3. The zero-order valence-corrected chi connectivity index (χ0v) is 20.6. The predicted molar refractivity (Wildman–Crippen MR) is 99.9 cm³/mol. The van der Waals surface area contributed by atoms with Crippen LogP contribution in [0.25, 0.3) is 0 Å². The van der Waals surface area contributed by atoms with Gasteiger partial charge in [0.15, 0.2) is 0 Å². The van der Waals surface area contributed by atoms with Crippen LogP contribution in [0.3, 0.4) is 0 Å². The monoisotopic (exact) mass is 484 g/mol. The van der Waals surface area contributed by atoms with Crippen molar-refractivity contribution >= 4 is 35.4 Å².